The summed E-state index contributed by atoms with van der Waals surface area (Å²) in [6.45, 7) is 5.13. The van der Waals surface area contributed by atoms with Crippen LogP contribution in [-0.4, -0.2) is 69.7 Å². The van der Waals surface area contributed by atoms with Gasteiger partial charge < -0.3 is 30.3 Å². The summed E-state index contributed by atoms with van der Waals surface area (Å²) in [6, 6.07) is 11.4. The number of hydrogen-bond acceptors (Lipinski definition) is 9. The first-order valence-corrected chi connectivity index (χ1v) is 14.3. The van der Waals surface area contributed by atoms with Crippen LogP contribution in [0.15, 0.2) is 88.9 Å². The second-order valence-corrected chi connectivity index (χ2v) is 12.2. The molecule has 4 aliphatic rings. The average molecular weight is 626 g/mol. The highest BCUT2D eigenvalue weighted by Gasteiger charge is 2.75. The maximum atomic E-state index is 15.3. The summed E-state index contributed by atoms with van der Waals surface area (Å²) in [5.74, 6) is -5.92. The molecule has 2 aromatic carbocycles. The molecule has 2 fully saturated rings. The number of nitrogens with zero attached hydrogens (tertiary/aromatic N) is 2. The van der Waals surface area contributed by atoms with Crippen molar-refractivity contribution in [3.8, 4) is 11.5 Å². The molecule has 2 spiro atoms. The zero-order valence-electron chi connectivity index (χ0n) is 25.7. The monoisotopic (exact) mass is 625 g/mol. The Kier molecular flexibility index (Phi) is 6.56. The van der Waals surface area contributed by atoms with Crippen molar-refractivity contribution in [2.45, 2.75) is 38.3 Å². The van der Waals surface area contributed by atoms with Crippen molar-refractivity contribution in [2.75, 3.05) is 19.1 Å². The van der Waals surface area contributed by atoms with Gasteiger partial charge in [-0.25, -0.2) is 0 Å². The number of phenolic OH excluding ortho intramolecular Hbond substituents is 1. The number of Topliss-reactive ketones (excluding diaryl/α,β-unsaturated/α-hetero) is 1. The summed E-state index contributed by atoms with van der Waals surface area (Å²) in [5.41, 5.74) is 0.182. The lowest BCUT2D eigenvalue weighted by atomic mass is 9.68. The van der Waals surface area contributed by atoms with Gasteiger partial charge in [0.2, 0.25) is 11.7 Å². The Morgan fingerprint density at radius 2 is 1.61 bits per heavy atom. The highest BCUT2D eigenvalue weighted by atomic mass is 16.5. The Morgan fingerprint density at radius 3 is 2.20 bits per heavy atom. The van der Waals surface area contributed by atoms with Crippen molar-refractivity contribution in [1.82, 2.24) is 4.90 Å². The zero-order valence-corrected chi connectivity index (χ0v) is 25.7. The van der Waals surface area contributed by atoms with E-state index >= 15 is 4.79 Å². The number of aliphatic hydroxyl groups excluding tert-OH is 1. The number of nitrogens with two attached hydrogens (primary N) is 1. The molecule has 6 rings (SSSR count). The maximum absolute atomic E-state index is 15.3. The minimum absolute atomic E-state index is 0.0359. The number of para-hydroxylation sites is 2. The molecule has 2 aromatic rings. The average Bonchev–Trinajstić information content (AvgIpc) is 3.52. The molecule has 12 nitrogen and oxygen atoms in total. The lowest BCUT2D eigenvalue weighted by Crippen LogP contribution is -2.59. The van der Waals surface area contributed by atoms with Gasteiger partial charge in [-0.2, -0.15) is 0 Å². The standard InChI is InChI=1S/C34H31N3O9/c1-17-14-22(39)23(46-5)15-33(17)16-32(2,3)37-28(33)25(29(35)42)34(31(37)44)24(26(40)18-10-12-19(45-4)13-11-18)27(41)30(43)36(34)20-8-6-7-9-21(20)38/h6-15,38,40H,16H2,1-5H3,(H2,35,42). The van der Waals surface area contributed by atoms with Crippen molar-refractivity contribution in [1.29, 1.82) is 0 Å². The zero-order chi connectivity index (χ0) is 33.5. The third-order valence-corrected chi connectivity index (χ3v) is 9.26. The number of fused-ring (bicyclic) bond motifs is 2. The van der Waals surface area contributed by atoms with Crippen molar-refractivity contribution in [2.24, 2.45) is 11.1 Å². The Bertz CT molecular complexity index is 1920. The van der Waals surface area contributed by atoms with Crippen LogP contribution in [0.4, 0.5) is 5.69 Å². The van der Waals surface area contributed by atoms with E-state index < -0.39 is 68.4 Å². The maximum Gasteiger partial charge on any atom is 0.300 e. The number of primary amides is 1. The van der Waals surface area contributed by atoms with E-state index in [0.29, 0.717) is 11.3 Å². The summed E-state index contributed by atoms with van der Waals surface area (Å²) < 4.78 is 10.6. The molecule has 2 saturated heterocycles. The molecule has 4 N–H and O–H groups in total. The number of methoxy groups -OCH3 is 2. The first-order valence-electron chi connectivity index (χ1n) is 14.3. The Morgan fingerprint density at radius 1 is 0.957 bits per heavy atom. The molecule has 236 valence electrons. The third-order valence-electron chi connectivity index (χ3n) is 9.26. The Hall–Kier alpha value is -5.65. The summed E-state index contributed by atoms with van der Waals surface area (Å²) in [5, 5.41) is 22.8. The van der Waals surface area contributed by atoms with Crippen molar-refractivity contribution < 1.29 is 43.7 Å². The molecule has 2 unspecified atom stereocenters. The van der Waals surface area contributed by atoms with Crippen LogP contribution >= 0.6 is 0 Å². The van der Waals surface area contributed by atoms with Gasteiger partial charge in [-0.3, -0.25) is 28.9 Å². The van der Waals surface area contributed by atoms with E-state index in [0.717, 1.165) is 4.90 Å². The molecule has 3 amide bonds. The largest absolute Gasteiger partial charge is 0.507 e. The molecule has 2 atom stereocenters. The molecule has 0 aromatic heterocycles. The number of carbonyl (C=O) groups excluding carboxylic acids is 5. The van der Waals surface area contributed by atoms with Crippen LogP contribution in [0.2, 0.25) is 0 Å². The van der Waals surface area contributed by atoms with Crippen LogP contribution in [-0.2, 0) is 28.7 Å². The minimum Gasteiger partial charge on any atom is -0.507 e. The van der Waals surface area contributed by atoms with E-state index in [4.69, 9.17) is 15.2 Å². The number of hydrogen-bond donors (Lipinski definition) is 3. The number of carbonyl (C=O) groups is 5. The Balaban J connectivity index is 1.81. The summed E-state index contributed by atoms with van der Waals surface area (Å²) in [4.78, 5) is 72.3. The third kappa shape index (κ3) is 3.69. The molecule has 0 bridgehead atoms. The predicted molar refractivity (Wildman–Crippen MR) is 164 cm³/mol. The van der Waals surface area contributed by atoms with E-state index in [1.54, 1.807) is 20.8 Å². The highest BCUT2D eigenvalue weighted by molar-refractivity contribution is 6.56. The molecule has 0 radical (unpaired) electrons. The van der Waals surface area contributed by atoms with Crippen LogP contribution in [0.25, 0.3) is 5.76 Å². The fourth-order valence-corrected chi connectivity index (χ4v) is 7.40. The Labute approximate surface area is 263 Å². The predicted octanol–water partition coefficient (Wildman–Crippen LogP) is 2.83. The number of ether oxygens (including phenoxy) is 2. The number of amides is 3. The van der Waals surface area contributed by atoms with E-state index in [1.807, 2.05) is 0 Å². The van der Waals surface area contributed by atoms with Gasteiger partial charge in [0, 0.05) is 16.8 Å². The second-order valence-electron chi connectivity index (χ2n) is 12.2. The first kappa shape index (κ1) is 30.4. The number of phenols is 1. The molecule has 46 heavy (non-hydrogen) atoms. The molecular weight excluding hydrogens is 594 g/mol. The normalized spacial score (nSPS) is 26.2. The van der Waals surface area contributed by atoms with Crippen LogP contribution < -0.4 is 15.4 Å². The quantitative estimate of drug-likeness (QED) is 0.256. The van der Waals surface area contributed by atoms with E-state index in [1.165, 1.54) is 79.8 Å². The fraction of sp³-hybridized carbons (Fsp3) is 0.265. The van der Waals surface area contributed by atoms with Gasteiger partial charge in [-0.15, -0.1) is 0 Å². The summed E-state index contributed by atoms with van der Waals surface area (Å²) in [6.07, 6.45) is 3.04. The number of aliphatic hydroxyl groups is 1. The van der Waals surface area contributed by atoms with Gasteiger partial charge >= 0.3 is 5.91 Å². The number of benzene rings is 2. The second kappa shape index (κ2) is 9.93. The molecule has 0 saturated carbocycles. The van der Waals surface area contributed by atoms with Crippen molar-refractivity contribution >= 4 is 40.7 Å². The van der Waals surface area contributed by atoms with Crippen LogP contribution in [0.3, 0.4) is 0 Å². The lowest BCUT2D eigenvalue weighted by Gasteiger charge is -2.39. The van der Waals surface area contributed by atoms with Crippen molar-refractivity contribution in [3.05, 3.63) is 94.4 Å². The van der Waals surface area contributed by atoms with Crippen LogP contribution in [0.1, 0.15) is 32.8 Å². The van der Waals surface area contributed by atoms with Gasteiger partial charge in [0.05, 0.1) is 36.5 Å². The molecule has 3 heterocycles. The minimum atomic E-state index is -2.65. The molecular formula is C34H31N3O9. The van der Waals surface area contributed by atoms with Gasteiger partial charge in [0.15, 0.2) is 11.3 Å². The van der Waals surface area contributed by atoms with Gasteiger partial charge in [-0.1, -0.05) is 17.7 Å². The topological polar surface area (TPSA) is 177 Å². The van der Waals surface area contributed by atoms with E-state index in [2.05, 4.69) is 0 Å². The van der Waals surface area contributed by atoms with E-state index in [-0.39, 0.29) is 29.1 Å². The smallest absolute Gasteiger partial charge is 0.300 e. The lowest BCUT2D eigenvalue weighted by molar-refractivity contribution is -0.135. The number of anilines is 1. The van der Waals surface area contributed by atoms with Crippen LogP contribution in [0.5, 0.6) is 11.5 Å². The molecule has 12 heteroatoms. The molecule has 3 aliphatic heterocycles. The highest BCUT2D eigenvalue weighted by Crippen LogP contribution is 2.64. The number of allylic oxidation sites excluding steroid dienone is 2. The number of rotatable bonds is 5. The summed E-state index contributed by atoms with van der Waals surface area (Å²) in [7, 11) is 2.76. The van der Waals surface area contributed by atoms with Crippen molar-refractivity contribution in [3.63, 3.8) is 0 Å². The first-order chi connectivity index (χ1) is 21.7. The number of aromatic hydroxyl groups is 1. The van der Waals surface area contributed by atoms with E-state index in [9.17, 15) is 29.4 Å². The fourth-order valence-electron chi connectivity index (χ4n) is 7.40. The summed E-state index contributed by atoms with van der Waals surface area (Å²) >= 11 is 0. The number of ketones is 2. The molecule has 1 aliphatic carbocycles. The van der Waals surface area contributed by atoms with Crippen LogP contribution in [0, 0.1) is 5.41 Å². The van der Waals surface area contributed by atoms with Gasteiger partial charge in [0.1, 0.15) is 17.3 Å². The van der Waals surface area contributed by atoms with Gasteiger partial charge in [0.25, 0.3) is 11.7 Å². The SMILES string of the molecule is COC1=CC2(CC(C)(C)N3C(=O)C4(C(=C(O)c5ccc(OC)cc5)C(=O)C(=O)N4c4ccccc4O)C(C(N)=O)=C32)C(C)=CC1=O. The van der Waals surface area contributed by atoms with Gasteiger partial charge in [-0.05, 0) is 75.7 Å².